The Balaban J connectivity index is 1.86. The fourth-order valence-corrected chi connectivity index (χ4v) is 3.36. The van der Waals surface area contributed by atoms with Gasteiger partial charge in [-0.15, -0.1) is 11.3 Å². The van der Waals surface area contributed by atoms with Crippen molar-refractivity contribution >= 4 is 44.9 Å². The highest BCUT2D eigenvalue weighted by molar-refractivity contribution is 9.11. The molecule has 0 aliphatic rings. The molecule has 0 radical (unpaired) electrons. The van der Waals surface area contributed by atoms with Crippen molar-refractivity contribution in [3.8, 4) is 0 Å². The maximum Gasteiger partial charge on any atom is 0.264 e. The molecule has 0 aliphatic heterocycles. The zero-order chi connectivity index (χ0) is 17.7. The monoisotopic (exact) mass is 410 g/mol. The minimum absolute atomic E-state index is 0.0139. The van der Waals surface area contributed by atoms with Crippen molar-refractivity contribution in [1.29, 1.82) is 0 Å². The topological polar surface area (TPSA) is 65.5 Å². The number of hydrogen-bond donors (Lipinski definition) is 1. The molecular weight excluding hydrogens is 392 g/mol. The van der Waals surface area contributed by atoms with Gasteiger partial charge in [-0.2, -0.15) is 0 Å². The van der Waals surface area contributed by atoms with Gasteiger partial charge in [-0.1, -0.05) is 0 Å². The van der Waals surface area contributed by atoms with Crippen LogP contribution in [0.25, 0.3) is 0 Å². The summed E-state index contributed by atoms with van der Waals surface area (Å²) in [4.78, 5) is 32.4. The van der Waals surface area contributed by atoms with Gasteiger partial charge in [-0.25, -0.2) is 4.98 Å². The van der Waals surface area contributed by atoms with E-state index in [-0.39, 0.29) is 18.4 Å². The number of nitrogens with one attached hydrogen (secondary N) is 1. The van der Waals surface area contributed by atoms with Crippen LogP contribution in [0, 0.1) is 0 Å². The Morgan fingerprint density at radius 3 is 2.62 bits per heavy atom. The van der Waals surface area contributed by atoms with Gasteiger partial charge in [0, 0.05) is 33.9 Å². The van der Waals surface area contributed by atoms with Crippen molar-refractivity contribution in [1.82, 2.24) is 15.2 Å². The van der Waals surface area contributed by atoms with E-state index in [9.17, 15) is 9.59 Å². The average Bonchev–Trinajstić information content (AvgIpc) is 2.98. The van der Waals surface area contributed by atoms with E-state index < -0.39 is 0 Å². The second kappa shape index (κ2) is 8.25. The van der Waals surface area contributed by atoms with Gasteiger partial charge in [0.15, 0.2) is 0 Å². The molecule has 0 unspecified atom stereocenters. The molecule has 0 spiro atoms. The van der Waals surface area contributed by atoms with E-state index in [0.717, 1.165) is 15.2 Å². The number of carbonyl (C=O) groups is 2. The second-order valence-corrected chi connectivity index (χ2v) is 7.92. The summed E-state index contributed by atoms with van der Waals surface area (Å²) in [6.07, 6.45) is 1.71. The molecule has 0 aliphatic carbocycles. The smallest absolute Gasteiger partial charge is 0.264 e. The van der Waals surface area contributed by atoms with E-state index in [1.165, 1.54) is 16.2 Å². The third-order valence-corrected chi connectivity index (χ3v) is 4.88. The van der Waals surface area contributed by atoms with Crippen molar-refractivity contribution in [2.24, 2.45) is 0 Å². The number of amides is 2. The summed E-state index contributed by atoms with van der Waals surface area (Å²) < 4.78 is 0.887. The Bertz CT molecular complexity index is 732. The number of rotatable bonds is 6. The molecule has 2 aromatic rings. The molecule has 2 aromatic heterocycles. The molecule has 0 saturated carbocycles. The van der Waals surface area contributed by atoms with Crippen LogP contribution in [0.5, 0.6) is 0 Å². The summed E-state index contributed by atoms with van der Waals surface area (Å²) in [5.41, 5.74) is 0.957. The van der Waals surface area contributed by atoms with Gasteiger partial charge < -0.3 is 15.1 Å². The maximum atomic E-state index is 12.2. The third-order valence-electron chi connectivity index (χ3n) is 3.27. The van der Waals surface area contributed by atoms with Crippen LogP contribution < -0.4 is 10.2 Å². The highest BCUT2D eigenvalue weighted by Gasteiger charge is 2.16. The Morgan fingerprint density at radius 1 is 1.25 bits per heavy atom. The van der Waals surface area contributed by atoms with Gasteiger partial charge in [0.2, 0.25) is 5.91 Å². The van der Waals surface area contributed by atoms with E-state index in [1.807, 2.05) is 37.2 Å². The normalized spacial score (nSPS) is 10.3. The lowest BCUT2D eigenvalue weighted by Gasteiger charge is -2.16. The third kappa shape index (κ3) is 5.04. The zero-order valence-corrected chi connectivity index (χ0v) is 16.1. The fraction of sp³-hybridized carbons (Fsp3) is 0.312. The van der Waals surface area contributed by atoms with Crippen molar-refractivity contribution in [3.05, 3.63) is 44.7 Å². The number of aromatic nitrogens is 1. The lowest BCUT2D eigenvalue weighted by atomic mass is 10.2. The first-order chi connectivity index (χ1) is 11.4. The number of pyridine rings is 1. The molecule has 2 rings (SSSR count). The first kappa shape index (κ1) is 18.4. The van der Waals surface area contributed by atoms with Crippen LogP contribution in [0.4, 0.5) is 5.82 Å². The van der Waals surface area contributed by atoms with Crippen molar-refractivity contribution in [3.63, 3.8) is 0 Å². The molecule has 0 atom stereocenters. The standard InChI is InChI=1S/C16H19BrN4O2S/c1-20(2)14-8-11(6-7-18-14)9-19-15(22)10-21(3)16(23)12-4-5-13(17)24-12/h4-8H,9-10H2,1-3H3,(H,19,22). The Kier molecular flexibility index (Phi) is 6.33. The number of halogens is 1. The fourth-order valence-electron chi connectivity index (χ4n) is 1.98. The summed E-state index contributed by atoms with van der Waals surface area (Å²) in [5, 5.41) is 2.82. The van der Waals surface area contributed by atoms with E-state index in [1.54, 1.807) is 19.3 Å². The quantitative estimate of drug-likeness (QED) is 0.793. The van der Waals surface area contributed by atoms with Crippen LogP contribution in [0.1, 0.15) is 15.2 Å². The lowest BCUT2D eigenvalue weighted by Crippen LogP contribution is -2.37. The van der Waals surface area contributed by atoms with Crippen molar-refractivity contribution in [2.45, 2.75) is 6.54 Å². The molecule has 24 heavy (non-hydrogen) atoms. The van der Waals surface area contributed by atoms with Crippen LogP contribution in [-0.4, -0.2) is 49.4 Å². The molecule has 0 aromatic carbocycles. The number of hydrogen-bond acceptors (Lipinski definition) is 5. The highest BCUT2D eigenvalue weighted by Crippen LogP contribution is 2.22. The van der Waals surface area contributed by atoms with Gasteiger partial charge >= 0.3 is 0 Å². The molecule has 0 bridgehead atoms. The van der Waals surface area contributed by atoms with E-state index >= 15 is 0 Å². The molecule has 8 heteroatoms. The maximum absolute atomic E-state index is 12.2. The predicted molar refractivity (Wildman–Crippen MR) is 99.4 cm³/mol. The molecule has 6 nitrogen and oxygen atoms in total. The Morgan fingerprint density at radius 2 is 2.00 bits per heavy atom. The van der Waals surface area contributed by atoms with E-state index in [4.69, 9.17) is 0 Å². The van der Waals surface area contributed by atoms with Crippen molar-refractivity contribution < 1.29 is 9.59 Å². The van der Waals surface area contributed by atoms with Gasteiger partial charge in [-0.3, -0.25) is 9.59 Å². The molecule has 1 N–H and O–H groups in total. The first-order valence-electron chi connectivity index (χ1n) is 7.26. The first-order valence-corrected chi connectivity index (χ1v) is 8.87. The second-order valence-electron chi connectivity index (χ2n) is 5.46. The number of nitrogens with zero attached hydrogens (tertiary/aromatic N) is 3. The Hall–Kier alpha value is -1.93. The van der Waals surface area contributed by atoms with Crippen LogP contribution >= 0.6 is 27.3 Å². The summed E-state index contributed by atoms with van der Waals surface area (Å²) in [6, 6.07) is 7.33. The largest absolute Gasteiger partial charge is 0.363 e. The molecule has 0 saturated heterocycles. The molecule has 2 amide bonds. The number of likely N-dealkylation sites (N-methyl/N-ethyl adjacent to an activating group) is 1. The van der Waals surface area contributed by atoms with Gasteiger partial charge in [0.25, 0.3) is 5.91 Å². The van der Waals surface area contributed by atoms with Crippen LogP contribution in [0.3, 0.4) is 0 Å². The van der Waals surface area contributed by atoms with E-state index in [2.05, 4.69) is 26.2 Å². The summed E-state index contributed by atoms with van der Waals surface area (Å²) in [7, 11) is 5.44. The summed E-state index contributed by atoms with van der Waals surface area (Å²) in [6.45, 7) is 0.411. The zero-order valence-electron chi connectivity index (χ0n) is 13.7. The number of carbonyl (C=O) groups excluding carboxylic acids is 2. The molecule has 128 valence electrons. The molecule has 0 fully saturated rings. The highest BCUT2D eigenvalue weighted by atomic mass is 79.9. The van der Waals surface area contributed by atoms with Gasteiger partial charge in [-0.05, 0) is 45.8 Å². The van der Waals surface area contributed by atoms with Gasteiger partial charge in [0.1, 0.15) is 5.82 Å². The lowest BCUT2D eigenvalue weighted by molar-refractivity contribution is -0.121. The molecule has 2 heterocycles. The van der Waals surface area contributed by atoms with Crippen LogP contribution in [-0.2, 0) is 11.3 Å². The summed E-state index contributed by atoms with van der Waals surface area (Å²) >= 11 is 4.67. The molecular formula is C16H19BrN4O2S. The minimum atomic E-state index is -0.204. The summed E-state index contributed by atoms with van der Waals surface area (Å²) in [5.74, 6) is 0.460. The van der Waals surface area contributed by atoms with Crippen LogP contribution in [0.2, 0.25) is 0 Å². The Labute approximate surface area is 153 Å². The average molecular weight is 411 g/mol. The van der Waals surface area contributed by atoms with E-state index in [0.29, 0.717) is 11.4 Å². The number of thiophene rings is 1. The number of anilines is 1. The minimum Gasteiger partial charge on any atom is -0.363 e. The SMILES string of the molecule is CN(CC(=O)NCc1ccnc(N(C)C)c1)C(=O)c1ccc(Br)s1. The van der Waals surface area contributed by atoms with Crippen LogP contribution in [0.15, 0.2) is 34.2 Å². The predicted octanol–water partition coefficient (Wildman–Crippen LogP) is 2.36. The van der Waals surface area contributed by atoms with Crippen molar-refractivity contribution in [2.75, 3.05) is 32.6 Å². The van der Waals surface area contributed by atoms with Gasteiger partial charge in [0.05, 0.1) is 15.2 Å².